The Morgan fingerprint density at radius 1 is 1.05 bits per heavy atom. The highest BCUT2D eigenvalue weighted by Crippen LogP contribution is 2.43. The van der Waals surface area contributed by atoms with E-state index in [1.54, 1.807) is 0 Å². The second-order valence-corrected chi connectivity index (χ2v) is 6.61. The molecule has 126 valence electrons. The molecule has 0 spiro atoms. The highest BCUT2D eigenvalue weighted by molar-refractivity contribution is 7.47. The summed E-state index contributed by atoms with van der Waals surface area (Å²) in [5.41, 5.74) is 0. The fourth-order valence-corrected chi connectivity index (χ4v) is 2.16. The Kier molecular flexibility index (Phi) is 8.79. The van der Waals surface area contributed by atoms with Crippen LogP contribution in [0.4, 0.5) is 0 Å². The van der Waals surface area contributed by atoms with Gasteiger partial charge in [-0.25, -0.2) is 9.13 Å². The maximum Gasteiger partial charge on any atom is 0.472 e. The van der Waals surface area contributed by atoms with Gasteiger partial charge in [0.1, 0.15) is 12.2 Å². The van der Waals surface area contributed by atoms with E-state index in [4.69, 9.17) is 9.79 Å². The zero-order chi connectivity index (χ0) is 16.7. The van der Waals surface area contributed by atoms with Crippen molar-refractivity contribution in [2.24, 2.45) is 0 Å². The van der Waals surface area contributed by atoms with Crippen molar-refractivity contribution in [1.29, 1.82) is 0 Å². The number of aliphatic hydroxyl groups excluding tert-OH is 1. The van der Waals surface area contributed by atoms with Gasteiger partial charge >= 0.3 is 21.6 Å². The molecule has 3 atom stereocenters. The Morgan fingerprint density at radius 2 is 1.52 bits per heavy atom. The lowest BCUT2D eigenvalue weighted by atomic mass is 10.4. The average molecular weight is 352 g/mol. The Labute approximate surface area is 120 Å². The van der Waals surface area contributed by atoms with E-state index in [-0.39, 0.29) is 0 Å². The summed E-state index contributed by atoms with van der Waals surface area (Å²) in [6.45, 7) is 0.610. The molecule has 0 rings (SSSR count). The van der Waals surface area contributed by atoms with Crippen molar-refractivity contribution in [2.75, 3.05) is 19.8 Å². The predicted molar refractivity (Wildman–Crippen MR) is 67.0 cm³/mol. The molecule has 21 heavy (non-hydrogen) atoms. The van der Waals surface area contributed by atoms with E-state index in [9.17, 15) is 23.9 Å². The maximum absolute atomic E-state index is 11.4. The number of phosphoric acid groups is 2. The molecule has 0 aliphatic rings. The minimum absolute atomic E-state index is 0.414. The summed E-state index contributed by atoms with van der Waals surface area (Å²) in [5, 5.41) is 9.22. The number of ether oxygens (including phenoxy) is 1. The zero-order valence-corrected chi connectivity index (χ0v) is 13.1. The number of aliphatic hydroxyl groups is 1. The van der Waals surface area contributed by atoms with Crippen LogP contribution in [-0.2, 0) is 32.2 Å². The van der Waals surface area contributed by atoms with Crippen LogP contribution in [0, 0.1) is 0 Å². The number of rotatable bonds is 10. The molecule has 1 unspecified atom stereocenters. The molecular weight excluding hydrogens is 334 g/mol. The van der Waals surface area contributed by atoms with Gasteiger partial charge in [0.2, 0.25) is 0 Å². The number of hydrogen-bond acceptors (Lipinski definition) is 8. The van der Waals surface area contributed by atoms with Crippen LogP contribution in [0.1, 0.15) is 13.8 Å². The molecule has 0 aliphatic carbocycles. The highest BCUT2D eigenvalue weighted by atomic mass is 31.2. The topological polar surface area (TPSA) is 169 Å². The minimum Gasteiger partial charge on any atom is -0.460 e. The van der Waals surface area contributed by atoms with Gasteiger partial charge in [0.25, 0.3) is 0 Å². The molecular formula is C8H18O11P2. The van der Waals surface area contributed by atoms with Crippen LogP contribution in [0.15, 0.2) is 0 Å². The maximum atomic E-state index is 11.4. The smallest absolute Gasteiger partial charge is 0.460 e. The molecule has 0 saturated heterocycles. The van der Waals surface area contributed by atoms with Gasteiger partial charge in [-0.2, -0.15) is 0 Å². The largest absolute Gasteiger partial charge is 0.472 e. The molecule has 0 aromatic heterocycles. The van der Waals surface area contributed by atoms with E-state index in [0.29, 0.717) is 0 Å². The van der Waals surface area contributed by atoms with Gasteiger partial charge in [-0.05, 0) is 6.92 Å². The van der Waals surface area contributed by atoms with Crippen molar-refractivity contribution in [3.63, 3.8) is 0 Å². The number of hydrogen-bond donors (Lipinski definition) is 4. The van der Waals surface area contributed by atoms with E-state index < -0.39 is 53.6 Å². The standard InChI is InChI=1S/C8H18O11P2/c1-6(19-7(2)9)3-17-21(14,15)18-5-8(10)4-16-20(11,12)13/h6,8,10H,3-5H2,1-2H3,(H,14,15)(H2,11,12,13)/t6-,8-/m1/s1. The molecule has 0 fully saturated rings. The summed E-state index contributed by atoms with van der Waals surface area (Å²) < 4.78 is 39.2. The van der Waals surface area contributed by atoms with Crippen LogP contribution in [0.3, 0.4) is 0 Å². The first kappa shape index (κ1) is 20.6. The molecule has 0 aromatic rings. The zero-order valence-electron chi connectivity index (χ0n) is 11.3. The first-order valence-corrected chi connectivity index (χ1v) is 8.61. The van der Waals surface area contributed by atoms with Gasteiger partial charge in [-0.15, -0.1) is 0 Å². The van der Waals surface area contributed by atoms with Crippen LogP contribution < -0.4 is 0 Å². The third-order valence-electron chi connectivity index (χ3n) is 1.70. The summed E-state index contributed by atoms with van der Waals surface area (Å²) in [5.74, 6) is -0.593. The molecule has 13 heteroatoms. The summed E-state index contributed by atoms with van der Waals surface area (Å²) >= 11 is 0. The molecule has 11 nitrogen and oxygen atoms in total. The normalized spacial score (nSPS) is 17.8. The van der Waals surface area contributed by atoms with Crippen molar-refractivity contribution in [3.8, 4) is 0 Å². The van der Waals surface area contributed by atoms with Crippen molar-refractivity contribution >= 4 is 21.6 Å². The number of carbonyl (C=O) groups is 1. The van der Waals surface area contributed by atoms with Gasteiger partial charge in [0.05, 0.1) is 19.8 Å². The van der Waals surface area contributed by atoms with Crippen molar-refractivity contribution < 1.29 is 52.0 Å². The molecule has 0 saturated carbocycles. The van der Waals surface area contributed by atoms with E-state index in [0.717, 1.165) is 6.92 Å². The highest BCUT2D eigenvalue weighted by Gasteiger charge is 2.25. The number of esters is 1. The average Bonchev–Trinajstić information content (AvgIpc) is 2.30. The van der Waals surface area contributed by atoms with Crippen molar-refractivity contribution in [2.45, 2.75) is 26.1 Å². The summed E-state index contributed by atoms with van der Waals surface area (Å²) in [7, 11) is -9.26. The van der Waals surface area contributed by atoms with E-state index in [1.165, 1.54) is 6.92 Å². The quantitative estimate of drug-likeness (QED) is 0.296. The second kappa shape index (κ2) is 8.94. The van der Waals surface area contributed by atoms with Crippen LogP contribution in [-0.4, -0.2) is 57.8 Å². The second-order valence-electron chi connectivity index (χ2n) is 3.92. The predicted octanol–water partition coefficient (Wildman–Crippen LogP) is -0.458. The molecule has 0 heterocycles. The first-order chi connectivity index (χ1) is 9.41. The fraction of sp³-hybridized carbons (Fsp3) is 0.875. The van der Waals surface area contributed by atoms with Crippen LogP contribution >= 0.6 is 15.6 Å². The van der Waals surface area contributed by atoms with Gasteiger partial charge in [0, 0.05) is 6.92 Å². The monoisotopic (exact) mass is 352 g/mol. The SMILES string of the molecule is CC(=O)O[C@H](C)COP(=O)(O)OC[C@H](O)COP(=O)(O)O. The van der Waals surface area contributed by atoms with Crippen LogP contribution in [0.2, 0.25) is 0 Å². The molecule has 0 bridgehead atoms. The molecule has 0 aliphatic heterocycles. The summed E-state index contributed by atoms with van der Waals surface area (Å²) in [6.07, 6.45) is -2.33. The lowest BCUT2D eigenvalue weighted by molar-refractivity contribution is -0.147. The van der Waals surface area contributed by atoms with Crippen molar-refractivity contribution in [1.82, 2.24) is 0 Å². The third-order valence-corrected chi connectivity index (χ3v) is 3.14. The molecule has 0 amide bonds. The van der Waals surface area contributed by atoms with Gasteiger partial charge < -0.3 is 24.5 Å². The Morgan fingerprint density at radius 3 is 2.00 bits per heavy atom. The van der Waals surface area contributed by atoms with Crippen LogP contribution in [0.25, 0.3) is 0 Å². The molecule has 0 aromatic carbocycles. The number of carbonyl (C=O) groups excluding carboxylic acids is 1. The minimum atomic E-state index is -4.75. The Bertz CT molecular complexity index is 418. The van der Waals surface area contributed by atoms with E-state index in [1.807, 2.05) is 0 Å². The van der Waals surface area contributed by atoms with E-state index >= 15 is 0 Å². The van der Waals surface area contributed by atoms with Crippen LogP contribution in [0.5, 0.6) is 0 Å². The number of phosphoric ester groups is 2. The van der Waals surface area contributed by atoms with Gasteiger partial charge in [-0.3, -0.25) is 18.4 Å². The van der Waals surface area contributed by atoms with E-state index in [2.05, 4.69) is 18.3 Å². The summed E-state index contributed by atoms with van der Waals surface area (Å²) in [4.78, 5) is 36.6. The Balaban J connectivity index is 4.04. The first-order valence-electron chi connectivity index (χ1n) is 5.58. The summed E-state index contributed by atoms with van der Waals surface area (Å²) in [6, 6.07) is 0. The Hall–Kier alpha value is -0.350. The van der Waals surface area contributed by atoms with Crippen molar-refractivity contribution in [3.05, 3.63) is 0 Å². The molecule has 4 N–H and O–H groups in total. The van der Waals surface area contributed by atoms with Gasteiger partial charge in [-0.1, -0.05) is 0 Å². The van der Waals surface area contributed by atoms with Gasteiger partial charge in [0.15, 0.2) is 0 Å². The fourth-order valence-electron chi connectivity index (χ4n) is 0.965. The molecule has 0 radical (unpaired) electrons. The third kappa shape index (κ3) is 13.1. The lowest BCUT2D eigenvalue weighted by Gasteiger charge is -2.17. The lowest BCUT2D eigenvalue weighted by Crippen LogP contribution is -2.22.